The van der Waals surface area contributed by atoms with Crippen molar-refractivity contribution in [2.45, 2.75) is 18.6 Å². The summed E-state index contributed by atoms with van der Waals surface area (Å²) in [5.41, 5.74) is 0. The van der Waals surface area contributed by atoms with Gasteiger partial charge < -0.3 is 15.3 Å². The highest BCUT2D eigenvalue weighted by molar-refractivity contribution is 4.75. The Kier molecular flexibility index (Phi) is 3.26. The first-order chi connectivity index (χ1) is 5.22. The van der Waals surface area contributed by atoms with Crippen molar-refractivity contribution < 1.29 is 15.3 Å². The van der Waals surface area contributed by atoms with Crippen LogP contribution in [0, 0.1) is 0 Å². The van der Waals surface area contributed by atoms with E-state index in [0.29, 0.717) is 13.1 Å². The van der Waals surface area contributed by atoms with Crippen LogP contribution in [-0.4, -0.2) is 58.7 Å². The Morgan fingerprint density at radius 3 is 2.73 bits per heavy atom. The van der Waals surface area contributed by atoms with Crippen LogP contribution in [0.4, 0.5) is 0 Å². The van der Waals surface area contributed by atoms with E-state index >= 15 is 0 Å². The number of nitrogens with zero attached hydrogens (tertiary/aromatic N) is 1. The molecule has 0 spiro atoms. The number of hydrogen-bond acceptors (Lipinski definition) is 4. The van der Waals surface area contributed by atoms with Crippen LogP contribution in [0.5, 0.6) is 0 Å². The zero-order valence-corrected chi connectivity index (χ0v) is 6.48. The summed E-state index contributed by atoms with van der Waals surface area (Å²) >= 11 is 0. The van der Waals surface area contributed by atoms with Crippen LogP contribution in [0.25, 0.3) is 0 Å². The maximum absolute atomic E-state index is 9.10. The molecular weight excluding hydrogens is 146 g/mol. The third-order valence-electron chi connectivity index (χ3n) is 1.93. The molecule has 0 saturated carbocycles. The molecular formula is C7H15NO3. The third kappa shape index (κ3) is 2.75. The minimum Gasteiger partial charge on any atom is -0.394 e. The second kappa shape index (κ2) is 4.01. The van der Waals surface area contributed by atoms with Crippen LogP contribution in [0.2, 0.25) is 0 Å². The number of aliphatic hydroxyl groups is 3. The summed E-state index contributed by atoms with van der Waals surface area (Å²) in [4.78, 5) is 1.95. The van der Waals surface area contributed by atoms with Crippen LogP contribution >= 0.6 is 0 Å². The summed E-state index contributed by atoms with van der Waals surface area (Å²) in [6.07, 6.45) is -0.140. The van der Waals surface area contributed by atoms with Gasteiger partial charge in [-0.3, -0.25) is 4.90 Å². The molecule has 3 N–H and O–H groups in total. The Labute approximate surface area is 66.1 Å². The lowest BCUT2D eigenvalue weighted by Crippen LogP contribution is -2.33. The van der Waals surface area contributed by atoms with E-state index in [1.807, 2.05) is 4.90 Å². The van der Waals surface area contributed by atoms with Crippen LogP contribution in [0.15, 0.2) is 0 Å². The summed E-state index contributed by atoms with van der Waals surface area (Å²) in [6, 6.07) is 0. The number of β-amino-alcohol motifs (C(OH)–C–C–N with tert-alkyl or cyclic N) is 2. The van der Waals surface area contributed by atoms with Gasteiger partial charge in [-0.25, -0.2) is 0 Å². The van der Waals surface area contributed by atoms with Gasteiger partial charge in [0.05, 0.1) is 18.8 Å². The molecule has 66 valence electrons. The molecule has 0 bridgehead atoms. The van der Waals surface area contributed by atoms with Gasteiger partial charge in [0, 0.05) is 19.6 Å². The highest BCUT2D eigenvalue weighted by Gasteiger charge is 2.21. The predicted molar refractivity (Wildman–Crippen MR) is 40.2 cm³/mol. The predicted octanol–water partition coefficient (Wildman–Crippen LogP) is -1.59. The van der Waals surface area contributed by atoms with Gasteiger partial charge in [-0.1, -0.05) is 0 Å². The minimum absolute atomic E-state index is 0.202. The van der Waals surface area contributed by atoms with Gasteiger partial charge in [-0.15, -0.1) is 0 Å². The van der Waals surface area contributed by atoms with Gasteiger partial charge >= 0.3 is 0 Å². The molecule has 0 amide bonds. The van der Waals surface area contributed by atoms with Crippen LogP contribution in [0.3, 0.4) is 0 Å². The van der Waals surface area contributed by atoms with E-state index in [1.165, 1.54) is 0 Å². The zero-order chi connectivity index (χ0) is 8.27. The summed E-state index contributed by atoms with van der Waals surface area (Å²) in [5, 5.41) is 26.7. The van der Waals surface area contributed by atoms with Gasteiger partial charge in [-0.2, -0.15) is 0 Å². The number of rotatable bonds is 3. The Bertz CT molecular complexity index is 120. The van der Waals surface area contributed by atoms with Gasteiger partial charge in [0.25, 0.3) is 0 Å². The summed E-state index contributed by atoms with van der Waals surface area (Å²) in [6.45, 7) is 1.70. The van der Waals surface area contributed by atoms with Crippen molar-refractivity contribution in [3.8, 4) is 0 Å². The molecule has 1 rings (SSSR count). The van der Waals surface area contributed by atoms with Gasteiger partial charge in [0.2, 0.25) is 0 Å². The quantitative estimate of drug-likeness (QED) is 0.467. The molecule has 1 fully saturated rings. The molecule has 0 aromatic heterocycles. The largest absolute Gasteiger partial charge is 0.394 e. The molecule has 11 heavy (non-hydrogen) atoms. The monoisotopic (exact) mass is 161 g/mol. The standard InChI is InChI=1S/C7H15NO3/c9-5-7(11)4-8-2-1-6(10)3-8/h6-7,9-11H,1-5H2/t6-,7?/m0/s1. The average molecular weight is 161 g/mol. The lowest BCUT2D eigenvalue weighted by Gasteiger charge is -2.17. The number of likely N-dealkylation sites (tertiary alicyclic amines) is 1. The van der Waals surface area contributed by atoms with E-state index < -0.39 is 6.10 Å². The topological polar surface area (TPSA) is 63.9 Å². The van der Waals surface area contributed by atoms with E-state index in [2.05, 4.69) is 0 Å². The minimum atomic E-state index is -0.666. The summed E-state index contributed by atoms with van der Waals surface area (Å²) in [5.74, 6) is 0. The highest BCUT2D eigenvalue weighted by atomic mass is 16.3. The van der Waals surface area contributed by atoms with Crippen molar-refractivity contribution in [3.05, 3.63) is 0 Å². The second-order valence-corrected chi connectivity index (χ2v) is 3.04. The summed E-state index contributed by atoms with van der Waals surface area (Å²) < 4.78 is 0. The molecule has 1 aliphatic rings. The van der Waals surface area contributed by atoms with E-state index in [0.717, 1.165) is 13.0 Å². The normalized spacial score (nSPS) is 29.2. The van der Waals surface area contributed by atoms with Crippen molar-refractivity contribution in [2.24, 2.45) is 0 Å². The van der Waals surface area contributed by atoms with Crippen molar-refractivity contribution >= 4 is 0 Å². The molecule has 0 aromatic carbocycles. The van der Waals surface area contributed by atoms with Crippen molar-refractivity contribution in [2.75, 3.05) is 26.2 Å². The molecule has 1 aliphatic heterocycles. The summed E-state index contributed by atoms with van der Waals surface area (Å²) in [7, 11) is 0. The number of aliphatic hydroxyl groups excluding tert-OH is 3. The second-order valence-electron chi connectivity index (χ2n) is 3.04. The van der Waals surface area contributed by atoms with Crippen LogP contribution in [0.1, 0.15) is 6.42 Å². The fourth-order valence-corrected chi connectivity index (χ4v) is 1.33. The van der Waals surface area contributed by atoms with Crippen molar-refractivity contribution in [1.29, 1.82) is 0 Å². The van der Waals surface area contributed by atoms with Crippen LogP contribution in [-0.2, 0) is 0 Å². The van der Waals surface area contributed by atoms with Gasteiger partial charge in [0.1, 0.15) is 0 Å². The Balaban J connectivity index is 2.17. The first kappa shape index (κ1) is 8.93. The zero-order valence-electron chi connectivity index (χ0n) is 6.48. The van der Waals surface area contributed by atoms with Crippen molar-refractivity contribution in [3.63, 3.8) is 0 Å². The smallest absolute Gasteiger partial charge is 0.0897 e. The Hall–Kier alpha value is -0.160. The third-order valence-corrected chi connectivity index (χ3v) is 1.93. The molecule has 1 saturated heterocycles. The van der Waals surface area contributed by atoms with E-state index in [1.54, 1.807) is 0 Å². The Morgan fingerprint density at radius 2 is 2.27 bits per heavy atom. The van der Waals surface area contributed by atoms with Crippen LogP contribution < -0.4 is 0 Å². The van der Waals surface area contributed by atoms with E-state index in [-0.39, 0.29) is 12.7 Å². The molecule has 0 radical (unpaired) electrons. The maximum atomic E-state index is 9.10. The Morgan fingerprint density at radius 1 is 1.55 bits per heavy atom. The lowest BCUT2D eigenvalue weighted by atomic mass is 10.3. The van der Waals surface area contributed by atoms with Gasteiger partial charge in [0.15, 0.2) is 0 Å². The molecule has 1 unspecified atom stereocenters. The maximum Gasteiger partial charge on any atom is 0.0897 e. The highest BCUT2D eigenvalue weighted by Crippen LogP contribution is 2.08. The van der Waals surface area contributed by atoms with Crippen molar-refractivity contribution in [1.82, 2.24) is 4.90 Å². The first-order valence-electron chi connectivity index (χ1n) is 3.91. The molecule has 0 aliphatic carbocycles. The SMILES string of the molecule is OCC(O)CN1CC[C@H](O)C1. The fraction of sp³-hybridized carbons (Fsp3) is 1.00. The molecule has 1 heterocycles. The molecule has 4 nitrogen and oxygen atoms in total. The van der Waals surface area contributed by atoms with E-state index in [9.17, 15) is 0 Å². The van der Waals surface area contributed by atoms with E-state index in [4.69, 9.17) is 15.3 Å². The number of hydrogen-bond donors (Lipinski definition) is 3. The lowest BCUT2D eigenvalue weighted by molar-refractivity contribution is 0.0617. The average Bonchev–Trinajstić information content (AvgIpc) is 2.35. The molecule has 4 heteroatoms. The molecule has 2 atom stereocenters. The fourth-order valence-electron chi connectivity index (χ4n) is 1.33. The van der Waals surface area contributed by atoms with Gasteiger partial charge in [-0.05, 0) is 6.42 Å². The molecule has 0 aromatic rings. The first-order valence-corrected chi connectivity index (χ1v) is 3.91.